The molecule has 1 heterocycles. The van der Waals surface area contributed by atoms with E-state index in [2.05, 4.69) is 77.0 Å². The molecule has 0 spiro atoms. The van der Waals surface area contributed by atoms with E-state index in [9.17, 15) is 0 Å². The summed E-state index contributed by atoms with van der Waals surface area (Å²) in [7, 11) is 0. The third-order valence-corrected chi connectivity index (χ3v) is 5.05. The number of hydrogen-bond donors (Lipinski definition) is 0. The van der Waals surface area contributed by atoms with Gasteiger partial charge in [0.25, 0.3) is 0 Å². The Labute approximate surface area is 158 Å². The van der Waals surface area contributed by atoms with Crippen molar-refractivity contribution in [3.05, 3.63) is 61.9 Å². The summed E-state index contributed by atoms with van der Waals surface area (Å²) in [5, 5.41) is 0. The van der Waals surface area contributed by atoms with E-state index in [1.165, 1.54) is 48.9 Å². The van der Waals surface area contributed by atoms with E-state index in [0.717, 1.165) is 8.95 Å². The predicted molar refractivity (Wildman–Crippen MR) is 107 cm³/mol. The summed E-state index contributed by atoms with van der Waals surface area (Å²) in [5.41, 5.74) is 1.36. The average molecular weight is 490 g/mol. The third-order valence-electron chi connectivity index (χ3n) is 3.57. The minimum Gasteiger partial charge on any atom is -0.372 e. The first-order chi connectivity index (χ1) is 10.6. The Morgan fingerprint density at radius 1 is 0.636 bits per heavy atom. The molecule has 3 rings (SSSR count). The number of hydrogen-bond acceptors (Lipinski definition) is 1. The third kappa shape index (κ3) is 6.43. The molecule has 1 aliphatic rings. The predicted octanol–water partition coefficient (Wildman–Crippen LogP) is 7.04. The van der Waals surface area contributed by atoms with E-state index in [-0.39, 0.29) is 0 Å². The van der Waals surface area contributed by atoms with E-state index in [1.807, 2.05) is 24.3 Å². The molecule has 4 heteroatoms. The van der Waals surface area contributed by atoms with Crippen LogP contribution < -0.4 is 4.90 Å². The summed E-state index contributed by atoms with van der Waals surface area (Å²) >= 11 is 10.2. The normalized spacial score (nSPS) is 14.8. The summed E-state index contributed by atoms with van der Waals surface area (Å²) in [5.74, 6) is 0. The standard InChI is InChI=1S/C12H16BrN.C6H4Br2/c13-11-6-5-7-12(10-11)14-8-3-1-2-4-9-14;7-5-2-1-3-6(8)4-5/h5-7,10H,1-4,8-9H2;1-4H. The largest absolute Gasteiger partial charge is 0.372 e. The molecule has 0 aliphatic carbocycles. The molecule has 0 N–H and O–H groups in total. The molecule has 0 unspecified atom stereocenters. The quantitative estimate of drug-likeness (QED) is 0.415. The maximum Gasteiger partial charge on any atom is 0.0377 e. The number of rotatable bonds is 1. The number of benzene rings is 2. The van der Waals surface area contributed by atoms with Crippen LogP contribution in [0.3, 0.4) is 0 Å². The van der Waals surface area contributed by atoms with Crippen LogP contribution in [0.4, 0.5) is 5.69 Å². The molecule has 0 aromatic heterocycles. The zero-order valence-corrected chi connectivity index (χ0v) is 17.2. The Balaban J connectivity index is 0.000000188. The highest BCUT2D eigenvalue weighted by molar-refractivity contribution is 9.11. The van der Waals surface area contributed by atoms with Crippen LogP contribution in [0.15, 0.2) is 61.9 Å². The van der Waals surface area contributed by atoms with E-state index in [1.54, 1.807) is 0 Å². The molecule has 0 radical (unpaired) electrons. The van der Waals surface area contributed by atoms with Crippen LogP contribution in [0.5, 0.6) is 0 Å². The van der Waals surface area contributed by atoms with Crippen LogP contribution in [0.1, 0.15) is 25.7 Å². The van der Waals surface area contributed by atoms with Crippen LogP contribution in [0.25, 0.3) is 0 Å². The van der Waals surface area contributed by atoms with Gasteiger partial charge in [-0.05, 0) is 49.2 Å². The smallest absolute Gasteiger partial charge is 0.0377 e. The summed E-state index contributed by atoms with van der Waals surface area (Å²) in [6.07, 6.45) is 5.47. The van der Waals surface area contributed by atoms with Gasteiger partial charge in [-0.15, -0.1) is 0 Å². The highest BCUT2D eigenvalue weighted by atomic mass is 79.9. The Hall–Kier alpha value is -0.320. The first-order valence-corrected chi connectivity index (χ1v) is 9.94. The van der Waals surface area contributed by atoms with Crippen molar-refractivity contribution in [1.29, 1.82) is 0 Å². The fourth-order valence-electron chi connectivity index (χ4n) is 2.46. The van der Waals surface area contributed by atoms with Crippen molar-refractivity contribution in [3.8, 4) is 0 Å². The van der Waals surface area contributed by atoms with Crippen molar-refractivity contribution < 1.29 is 0 Å². The maximum absolute atomic E-state index is 3.52. The van der Waals surface area contributed by atoms with E-state index in [4.69, 9.17) is 0 Å². The molecule has 2 aromatic rings. The molecular weight excluding hydrogens is 470 g/mol. The molecule has 118 valence electrons. The second-order valence-electron chi connectivity index (χ2n) is 5.32. The minimum absolute atomic E-state index is 1.10. The van der Waals surface area contributed by atoms with Gasteiger partial charge >= 0.3 is 0 Å². The molecule has 1 fully saturated rings. The Morgan fingerprint density at radius 2 is 1.14 bits per heavy atom. The molecule has 1 aliphatic heterocycles. The molecule has 1 nitrogen and oxygen atoms in total. The molecule has 2 aromatic carbocycles. The maximum atomic E-state index is 3.52. The van der Waals surface area contributed by atoms with E-state index >= 15 is 0 Å². The van der Waals surface area contributed by atoms with Gasteiger partial charge in [0.1, 0.15) is 0 Å². The molecule has 0 bridgehead atoms. The van der Waals surface area contributed by atoms with Gasteiger partial charge in [0.05, 0.1) is 0 Å². The molecule has 0 atom stereocenters. The van der Waals surface area contributed by atoms with Gasteiger partial charge in [-0.3, -0.25) is 0 Å². The number of halogens is 3. The van der Waals surface area contributed by atoms with Crippen molar-refractivity contribution in [2.75, 3.05) is 18.0 Å². The second kappa shape index (κ2) is 9.74. The fourth-order valence-corrected chi connectivity index (χ4v) is 3.95. The lowest BCUT2D eigenvalue weighted by Gasteiger charge is -2.22. The monoisotopic (exact) mass is 487 g/mol. The van der Waals surface area contributed by atoms with Gasteiger partial charge in [0.15, 0.2) is 0 Å². The average Bonchev–Trinajstić information content (AvgIpc) is 2.77. The lowest BCUT2D eigenvalue weighted by atomic mass is 10.2. The van der Waals surface area contributed by atoms with Crippen molar-refractivity contribution in [2.24, 2.45) is 0 Å². The topological polar surface area (TPSA) is 3.24 Å². The zero-order chi connectivity index (χ0) is 15.8. The molecular formula is C18H20Br3N. The first kappa shape index (κ1) is 18.0. The van der Waals surface area contributed by atoms with Gasteiger partial charge in [0, 0.05) is 32.2 Å². The Morgan fingerprint density at radius 3 is 1.59 bits per heavy atom. The van der Waals surface area contributed by atoms with Gasteiger partial charge < -0.3 is 4.90 Å². The Bertz CT molecular complexity index is 561. The Kier molecular flexibility index (Phi) is 7.98. The van der Waals surface area contributed by atoms with E-state index < -0.39 is 0 Å². The van der Waals surface area contributed by atoms with E-state index in [0.29, 0.717) is 0 Å². The fraction of sp³-hybridized carbons (Fsp3) is 0.333. The van der Waals surface area contributed by atoms with Gasteiger partial charge in [-0.25, -0.2) is 0 Å². The van der Waals surface area contributed by atoms with Crippen molar-refractivity contribution in [1.82, 2.24) is 0 Å². The second-order valence-corrected chi connectivity index (χ2v) is 8.07. The number of anilines is 1. The van der Waals surface area contributed by atoms with Crippen LogP contribution in [0, 0.1) is 0 Å². The van der Waals surface area contributed by atoms with Crippen LogP contribution >= 0.6 is 47.8 Å². The van der Waals surface area contributed by atoms with Crippen LogP contribution in [0.2, 0.25) is 0 Å². The van der Waals surface area contributed by atoms with Gasteiger partial charge in [-0.1, -0.05) is 72.8 Å². The van der Waals surface area contributed by atoms with Crippen LogP contribution in [-0.4, -0.2) is 13.1 Å². The van der Waals surface area contributed by atoms with Crippen molar-refractivity contribution >= 4 is 53.5 Å². The van der Waals surface area contributed by atoms with Gasteiger partial charge in [-0.2, -0.15) is 0 Å². The minimum atomic E-state index is 1.10. The van der Waals surface area contributed by atoms with Crippen molar-refractivity contribution in [3.63, 3.8) is 0 Å². The summed E-state index contributed by atoms with van der Waals surface area (Å²) < 4.78 is 3.39. The lowest BCUT2D eigenvalue weighted by Crippen LogP contribution is -2.23. The van der Waals surface area contributed by atoms with Crippen molar-refractivity contribution in [2.45, 2.75) is 25.7 Å². The zero-order valence-electron chi connectivity index (χ0n) is 12.4. The van der Waals surface area contributed by atoms with Crippen LogP contribution in [-0.2, 0) is 0 Å². The lowest BCUT2D eigenvalue weighted by molar-refractivity contribution is 0.726. The number of nitrogens with zero attached hydrogens (tertiary/aromatic N) is 1. The summed E-state index contributed by atoms with van der Waals surface area (Å²) in [6.45, 7) is 2.44. The molecule has 22 heavy (non-hydrogen) atoms. The summed E-state index contributed by atoms with van der Waals surface area (Å²) in [4.78, 5) is 2.50. The highest BCUT2D eigenvalue weighted by Crippen LogP contribution is 2.22. The molecule has 0 saturated carbocycles. The SMILES string of the molecule is Brc1cccc(Br)c1.Brc1cccc(N2CCCCCC2)c1. The van der Waals surface area contributed by atoms with Gasteiger partial charge in [0.2, 0.25) is 0 Å². The molecule has 0 amide bonds. The first-order valence-electron chi connectivity index (χ1n) is 7.57. The summed E-state index contributed by atoms with van der Waals surface area (Å²) in [6, 6.07) is 16.6. The highest BCUT2D eigenvalue weighted by Gasteiger charge is 2.09. The molecule has 1 saturated heterocycles.